The Hall–Kier alpha value is -0.730. The molecule has 1 aliphatic carbocycles. The molecule has 0 amide bonds. The molecule has 0 heterocycles. The second kappa shape index (κ2) is 5.50. The summed E-state index contributed by atoms with van der Waals surface area (Å²) in [6.07, 6.45) is 2.55. The van der Waals surface area contributed by atoms with E-state index in [0.717, 1.165) is 23.7 Å². The molecule has 1 saturated carbocycles. The van der Waals surface area contributed by atoms with E-state index in [-0.39, 0.29) is 6.10 Å². The number of hydrogen-bond acceptors (Lipinski definition) is 2. The average Bonchev–Trinajstić information content (AvgIpc) is 2.60. The van der Waals surface area contributed by atoms with Crippen molar-refractivity contribution in [3.05, 3.63) is 29.3 Å². The van der Waals surface area contributed by atoms with Crippen molar-refractivity contribution in [3.8, 4) is 5.75 Å². The van der Waals surface area contributed by atoms with E-state index in [1.54, 1.807) is 0 Å². The van der Waals surface area contributed by atoms with E-state index in [1.807, 2.05) is 24.3 Å². The molecule has 2 rings (SSSR count). The van der Waals surface area contributed by atoms with Gasteiger partial charge >= 0.3 is 0 Å². The fraction of sp³-hybridized carbons (Fsp3) is 0.600. The van der Waals surface area contributed by atoms with Crippen molar-refractivity contribution < 1.29 is 4.74 Å². The van der Waals surface area contributed by atoms with Crippen LogP contribution in [0, 0.1) is 5.41 Å². The van der Waals surface area contributed by atoms with Gasteiger partial charge in [0.25, 0.3) is 0 Å². The molecule has 0 saturated heterocycles. The van der Waals surface area contributed by atoms with Crippen LogP contribution in [-0.4, -0.2) is 18.7 Å². The molecule has 3 heteroatoms. The van der Waals surface area contributed by atoms with E-state index < -0.39 is 0 Å². The van der Waals surface area contributed by atoms with Crippen molar-refractivity contribution in [2.45, 2.75) is 45.8 Å². The van der Waals surface area contributed by atoms with Crippen molar-refractivity contribution in [2.75, 3.05) is 6.54 Å². The summed E-state index contributed by atoms with van der Waals surface area (Å²) in [5, 5.41) is 4.31. The minimum atomic E-state index is 0.251. The van der Waals surface area contributed by atoms with Gasteiger partial charge < -0.3 is 10.1 Å². The summed E-state index contributed by atoms with van der Waals surface area (Å²) in [6, 6.07) is 8.05. The number of halogens is 1. The summed E-state index contributed by atoms with van der Waals surface area (Å²) in [5.74, 6) is 0.907. The van der Waals surface area contributed by atoms with Gasteiger partial charge in [0.1, 0.15) is 11.9 Å². The van der Waals surface area contributed by atoms with Gasteiger partial charge in [0.15, 0.2) is 0 Å². The number of rotatable bonds is 4. The Labute approximate surface area is 115 Å². The first-order valence-electron chi connectivity index (χ1n) is 6.68. The van der Waals surface area contributed by atoms with Crippen LogP contribution in [0.5, 0.6) is 5.75 Å². The van der Waals surface area contributed by atoms with Crippen molar-refractivity contribution in [3.63, 3.8) is 0 Å². The summed E-state index contributed by atoms with van der Waals surface area (Å²) < 4.78 is 6.11. The lowest BCUT2D eigenvalue weighted by molar-refractivity contribution is 0.141. The first kappa shape index (κ1) is 13.7. The minimum absolute atomic E-state index is 0.251. The maximum atomic E-state index is 6.11. The molecule has 1 aliphatic rings. The van der Waals surface area contributed by atoms with Gasteiger partial charge in [-0.05, 0) is 49.1 Å². The van der Waals surface area contributed by atoms with Crippen LogP contribution in [0.15, 0.2) is 24.3 Å². The molecule has 1 aromatic rings. The Morgan fingerprint density at radius 3 is 2.61 bits per heavy atom. The van der Waals surface area contributed by atoms with Gasteiger partial charge in [-0.15, -0.1) is 0 Å². The Bertz CT molecular complexity index is 388. The second-order valence-corrected chi connectivity index (χ2v) is 6.11. The molecule has 0 aliphatic heterocycles. The molecule has 1 N–H and O–H groups in total. The van der Waals surface area contributed by atoms with E-state index in [4.69, 9.17) is 16.3 Å². The summed E-state index contributed by atoms with van der Waals surface area (Å²) in [6.45, 7) is 7.75. The Morgan fingerprint density at radius 2 is 2.00 bits per heavy atom. The Balaban J connectivity index is 2.06. The van der Waals surface area contributed by atoms with Gasteiger partial charge in [0, 0.05) is 11.1 Å². The van der Waals surface area contributed by atoms with E-state index in [1.165, 1.54) is 6.42 Å². The van der Waals surface area contributed by atoms with Crippen molar-refractivity contribution in [1.29, 1.82) is 0 Å². The summed E-state index contributed by atoms with van der Waals surface area (Å²) in [5.41, 5.74) is 0.299. The first-order chi connectivity index (χ1) is 8.53. The van der Waals surface area contributed by atoms with Crippen molar-refractivity contribution in [2.24, 2.45) is 5.41 Å². The van der Waals surface area contributed by atoms with Gasteiger partial charge in [0.05, 0.1) is 0 Å². The third-order valence-corrected chi connectivity index (χ3v) is 4.06. The molecular formula is C15H22ClNO. The van der Waals surface area contributed by atoms with Crippen LogP contribution in [0.2, 0.25) is 5.02 Å². The number of likely N-dealkylation sites (N-methyl/N-ethyl adjacent to an activating group) is 1. The van der Waals surface area contributed by atoms with Crippen LogP contribution in [0.25, 0.3) is 0 Å². The predicted molar refractivity (Wildman–Crippen MR) is 76.3 cm³/mol. The van der Waals surface area contributed by atoms with Crippen LogP contribution >= 0.6 is 11.6 Å². The molecule has 0 radical (unpaired) electrons. The molecule has 18 heavy (non-hydrogen) atoms. The molecule has 2 atom stereocenters. The van der Waals surface area contributed by atoms with E-state index >= 15 is 0 Å². The molecule has 100 valence electrons. The zero-order valence-electron chi connectivity index (χ0n) is 11.4. The topological polar surface area (TPSA) is 21.3 Å². The highest BCUT2D eigenvalue weighted by atomic mass is 35.5. The van der Waals surface area contributed by atoms with Crippen LogP contribution < -0.4 is 10.1 Å². The molecular weight excluding hydrogens is 246 g/mol. The Kier molecular flexibility index (Phi) is 4.18. The molecule has 2 nitrogen and oxygen atoms in total. The second-order valence-electron chi connectivity index (χ2n) is 5.67. The lowest BCUT2D eigenvalue weighted by atomic mass is 9.87. The number of benzene rings is 1. The summed E-state index contributed by atoms with van der Waals surface area (Å²) >= 11 is 5.88. The van der Waals surface area contributed by atoms with Gasteiger partial charge in [-0.1, -0.05) is 32.4 Å². The highest BCUT2D eigenvalue weighted by Gasteiger charge is 2.42. The quantitative estimate of drug-likeness (QED) is 0.894. The smallest absolute Gasteiger partial charge is 0.119 e. The summed E-state index contributed by atoms with van der Waals surface area (Å²) in [4.78, 5) is 0. The lowest BCUT2D eigenvalue weighted by Gasteiger charge is -2.31. The van der Waals surface area contributed by atoms with Crippen LogP contribution in [0.4, 0.5) is 0 Å². The molecule has 0 bridgehead atoms. The van der Waals surface area contributed by atoms with Gasteiger partial charge in [-0.2, -0.15) is 0 Å². The maximum Gasteiger partial charge on any atom is 0.119 e. The first-order valence-corrected chi connectivity index (χ1v) is 7.06. The third kappa shape index (κ3) is 2.99. The normalized spacial score (nSPS) is 26.2. The highest BCUT2D eigenvalue weighted by Crippen LogP contribution is 2.39. The summed E-state index contributed by atoms with van der Waals surface area (Å²) in [7, 11) is 0. The van der Waals surface area contributed by atoms with Gasteiger partial charge in [0.2, 0.25) is 0 Å². The monoisotopic (exact) mass is 267 g/mol. The number of hydrogen-bond donors (Lipinski definition) is 1. The van der Waals surface area contributed by atoms with E-state index in [9.17, 15) is 0 Å². The maximum absolute atomic E-state index is 6.11. The number of ether oxygens (including phenoxy) is 1. The minimum Gasteiger partial charge on any atom is -0.489 e. The zero-order valence-corrected chi connectivity index (χ0v) is 12.1. The third-order valence-electron chi connectivity index (χ3n) is 3.81. The van der Waals surface area contributed by atoms with Crippen molar-refractivity contribution in [1.82, 2.24) is 5.32 Å². The average molecular weight is 268 g/mol. The van der Waals surface area contributed by atoms with E-state index in [2.05, 4.69) is 26.1 Å². The molecule has 1 aromatic carbocycles. The Morgan fingerprint density at radius 1 is 1.33 bits per heavy atom. The lowest BCUT2D eigenvalue weighted by Crippen LogP contribution is -2.46. The number of nitrogens with one attached hydrogen (secondary N) is 1. The fourth-order valence-corrected chi connectivity index (χ4v) is 2.91. The largest absolute Gasteiger partial charge is 0.489 e. The zero-order chi connectivity index (χ0) is 13.2. The van der Waals surface area contributed by atoms with Crippen LogP contribution in [0.1, 0.15) is 33.6 Å². The molecule has 0 spiro atoms. The van der Waals surface area contributed by atoms with Crippen LogP contribution in [0.3, 0.4) is 0 Å². The van der Waals surface area contributed by atoms with Crippen LogP contribution in [-0.2, 0) is 0 Å². The highest BCUT2D eigenvalue weighted by molar-refractivity contribution is 6.30. The van der Waals surface area contributed by atoms with Gasteiger partial charge in [-0.25, -0.2) is 0 Å². The predicted octanol–water partition coefficient (Wildman–Crippen LogP) is 3.89. The van der Waals surface area contributed by atoms with Crippen molar-refractivity contribution >= 4 is 11.6 Å². The van der Waals surface area contributed by atoms with E-state index in [0.29, 0.717) is 11.5 Å². The standard InChI is InChI=1S/C15H22ClNO/c1-4-17-14-13(9-10-15(14,2)3)18-12-7-5-11(16)6-8-12/h5-8,13-14,17H,4,9-10H2,1-3H3. The molecule has 0 aromatic heterocycles. The SMILES string of the molecule is CCNC1C(Oc2ccc(Cl)cc2)CCC1(C)C. The molecule has 2 unspecified atom stereocenters. The van der Waals surface area contributed by atoms with Gasteiger partial charge in [-0.3, -0.25) is 0 Å². The molecule has 1 fully saturated rings. The fourth-order valence-electron chi connectivity index (χ4n) is 2.78.